The first-order valence-corrected chi connectivity index (χ1v) is 7.21. The van der Waals surface area contributed by atoms with Gasteiger partial charge in [0.25, 0.3) is 0 Å². The van der Waals surface area contributed by atoms with Gasteiger partial charge in [-0.2, -0.15) is 0 Å². The van der Waals surface area contributed by atoms with E-state index in [4.69, 9.17) is 0 Å². The maximum Gasteiger partial charge on any atom is 0.234 e. The van der Waals surface area contributed by atoms with Crippen molar-refractivity contribution in [2.75, 3.05) is 6.54 Å². The summed E-state index contributed by atoms with van der Waals surface area (Å²) in [5.41, 5.74) is 1.13. The van der Waals surface area contributed by atoms with Gasteiger partial charge < -0.3 is 10.6 Å². The summed E-state index contributed by atoms with van der Waals surface area (Å²) >= 11 is 0. The van der Waals surface area contributed by atoms with Crippen LogP contribution in [-0.4, -0.2) is 18.5 Å². The summed E-state index contributed by atoms with van der Waals surface area (Å²) in [6, 6.07) is 10.4. The minimum absolute atomic E-state index is 0.0571. The molecule has 1 atom stereocenters. The third kappa shape index (κ3) is 5.88. The number of carbonyl (C=O) groups is 1. The van der Waals surface area contributed by atoms with E-state index < -0.39 is 0 Å². The SMILES string of the molecule is CCC(CC)C(C)NCC(=O)NCc1ccccc1. The van der Waals surface area contributed by atoms with Crippen LogP contribution in [0, 0.1) is 5.92 Å². The highest BCUT2D eigenvalue weighted by atomic mass is 16.1. The van der Waals surface area contributed by atoms with Crippen molar-refractivity contribution in [2.24, 2.45) is 5.92 Å². The molecule has 3 heteroatoms. The molecule has 1 amide bonds. The van der Waals surface area contributed by atoms with Gasteiger partial charge in [-0.15, -0.1) is 0 Å². The summed E-state index contributed by atoms with van der Waals surface area (Å²) in [6.45, 7) is 7.54. The molecule has 0 aliphatic rings. The van der Waals surface area contributed by atoms with Crippen LogP contribution >= 0.6 is 0 Å². The second-order valence-electron chi connectivity index (χ2n) is 5.01. The maximum absolute atomic E-state index is 11.7. The van der Waals surface area contributed by atoms with Crippen LogP contribution in [0.2, 0.25) is 0 Å². The van der Waals surface area contributed by atoms with Crippen molar-refractivity contribution in [3.8, 4) is 0 Å². The molecule has 0 saturated carbocycles. The summed E-state index contributed by atoms with van der Waals surface area (Å²) in [7, 11) is 0. The summed E-state index contributed by atoms with van der Waals surface area (Å²) in [4.78, 5) is 11.7. The molecule has 0 fully saturated rings. The molecular formula is C16H26N2O. The van der Waals surface area contributed by atoms with Gasteiger partial charge in [0, 0.05) is 12.6 Å². The average molecular weight is 262 g/mol. The van der Waals surface area contributed by atoms with Crippen molar-refractivity contribution < 1.29 is 4.79 Å². The number of nitrogens with one attached hydrogen (secondary N) is 2. The molecule has 2 N–H and O–H groups in total. The standard InChI is InChI=1S/C16H26N2O/c1-4-15(5-2)13(3)17-12-16(19)18-11-14-9-7-6-8-10-14/h6-10,13,15,17H,4-5,11-12H2,1-3H3,(H,18,19). The van der Waals surface area contributed by atoms with E-state index in [2.05, 4.69) is 31.4 Å². The molecule has 1 aromatic carbocycles. The largest absolute Gasteiger partial charge is 0.351 e. The number of carbonyl (C=O) groups excluding carboxylic acids is 1. The summed E-state index contributed by atoms with van der Waals surface area (Å²) in [5, 5.41) is 6.24. The number of hydrogen-bond acceptors (Lipinski definition) is 2. The first kappa shape index (κ1) is 15.7. The van der Waals surface area contributed by atoms with E-state index in [0.29, 0.717) is 25.0 Å². The van der Waals surface area contributed by atoms with E-state index in [9.17, 15) is 4.79 Å². The molecule has 0 aliphatic heterocycles. The molecule has 0 aromatic heterocycles. The topological polar surface area (TPSA) is 41.1 Å². The third-order valence-corrected chi connectivity index (χ3v) is 3.67. The number of amides is 1. The molecule has 0 aliphatic carbocycles. The Morgan fingerprint density at radius 3 is 2.37 bits per heavy atom. The molecule has 19 heavy (non-hydrogen) atoms. The monoisotopic (exact) mass is 262 g/mol. The second kappa shape index (κ2) is 8.70. The van der Waals surface area contributed by atoms with Crippen LogP contribution in [0.4, 0.5) is 0 Å². The molecule has 1 rings (SSSR count). The Labute approximate surface area is 116 Å². The quantitative estimate of drug-likeness (QED) is 0.756. The van der Waals surface area contributed by atoms with Gasteiger partial charge in [-0.05, 0) is 18.4 Å². The van der Waals surface area contributed by atoms with Gasteiger partial charge in [0.05, 0.1) is 6.54 Å². The highest BCUT2D eigenvalue weighted by Gasteiger charge is 2.13. The van der Waals surface area contributed by atoms with Crippen LogP contribution < -0.4 is 10.6 Å². The van der Waals surface area contributed by atoms with Crippen LogP contribution in [0.3, 0.4) is 0 Å². The summed E-state index contributed by atoms with van der Waals surface area (Å²) in [5.74, 6) is 0.698. The zero-order valence-electron chi connectivity index (χ0n) is 12.3. The van der Waals surface area contributed by atoms with Crippen molar-refractivity contribution in [3.05, 3.63) is 35.9 Å². The lowest BCUT2D eigenvalue weighted by atomic mass is 9.95. The smallest absolute Gasteiger partial charge is 0.234 e. The van der Waals surface area contributed by atoms with Crippen LogP contribution in [0.1, 0.15) is 39.2 Å². The highest BCUT2D eigenvalue weighted by molar-refractivity contribution is 5.78. The van der Waals surface area contributed by atoms with E-state index in [0.717, 1.165) is 18.4 Å². The lowest BCUT2D eigenvalue weighted by Crippen LogP contribution is -2.40. The van der Waals surface area contributed by atoms with Gasteiger partial charge >= 0.3 is 0 Å². The predicted octanol–water partition coefficient (Wildman–Crippen LogP) is 2.72. The van der Waals surface area contributed by atoms with Gasteiger partial charge in [0.1, 0.15) is 0 Å². The van der Waals surface area contributed by atoms with Crippen LogP contribution in [0.15, 0.2) is 30.3 Å². The molecule has 0 heterocycles. The van der Waals surface area contributed by atoms with Crippen molar-refractivity contribution in [1.29, 1.82) is 0 Å². The molecule has 0 spiro atoms. The van der Waals surface area contributed by atoms with E-state index in [1.807, 2.05) is 30.3 Å². The molecule has 1 unspecified atom stereocenters. The first-order chi connectivity index (χ1) is 9.17. The zero-order valence-corrected chi connectivity index (χ0v) is 12.3. The first-order valence-electron chi connectivity index (χ1n) is 7.21. The van der Waals surface area contributed by atoms with E-state index >= 15 is 0 Å². The normalized spacial score (nSPS) is 12.4. The Kier molecular flexibility index (Phi) is 7.19. The molecule has 0 bridgehead atoms. The molecule has 1 aromatic rings. The lowest BCUT2D eigenvalue weighted by molar-refractivity contribution is -0.120. The Balaban J connectivity index is 2.24. The predicted molar refractivity (Wildman–Crippen MR) is 79.8 cm³/mol. The minimum Gasteiger partial charge on any atom is -0.351 e. The van der Waals surface area contributed by atoms with Crippen molar-refractivity contribution >= 4 is 5.91 Å². The highest BCUT2D eigenvalue weighted by Crippen LogP contribution is 2.12. The van der Waals surface area contributed by atoms with Gasteiger partial charge in [0.15, 0.2) is 0 Å². The Hall–Kier alpha value is -1.35. The average Bonchev–Trinajstić information content (AvgIpc) is 2.45. The fourth-order valence-corrected chi connectivity index (χ4v) is 2.28. The fourth-order valence-electron chi connectivity index (χ4n) is 2.28. The van der Waals surface area contributed by atoms with Crippen molar-refractivity contribution in [2.45, 2.75) is 46.2 Å². The Bertz CT molecular complexity index is 360. The Morgan fingerprint density at radius 1 is 1.16 bits per heavy atom. The van der Waals surface area contributed by atoms with E-state index in [1.165, 1.54) is 0 Å². The summed E-state index contributed by atoms with van der Waals surface area (Å²) in [6.07, 6.45) is 2.30. The number of hydrogen-bond donors (Lipinski definition) is 2. The third-order valence-electron chi connectivity index (χ3n) is 3.67. The molecule has 106 valence electrons. The molecular weight excluding hydrogens is 236 g/mol. The fraction of sp³-hybridized carbons (Fsp3) is 0.562. The minimum atomic E-state index is 0.0571. The van der Waals surface area contributed by atoms with Gasteiger partial charge in [0.2, 0.25) is 5.91 Å². The van der Waals surface area contributed by atoms with E-state index in [1.54, 1.807) is 0 Å². The molecule has 0 saturated heterocycles. The second-order valence-corrected chi connectivity index (χ2v) is 5.01. The number of rotatable bonds is 8. The van der Waals surface area contributed by atoms with Crippen LogP contribution in [0.25, 0.3) is 0 Å². The lowest BCUT2D eigenvalue weighted by Gasteiger charge is -2.22. The Morgan fingerprint density at radius 2 is 1.79 bits per heavy atom. The van der Waals surface area contributed by atoms with Crippen LogP contribution in [-0.2, 0) is 11.3 Å². The van der Waals surface area contributed by atoms with Crippen LogP contribution in [0.5, 0.6) is 0 Å². The van der Waals surface area contributed by atoms with Crippen molar-refractivity contribution in [1.82, 2.24) is 10.6 Å². The molecule has 0 radical (unpaired) electrons. The number of benzene rings is 1. The van der Waals surface area contributed by atoms with Gasteiger partial charge in [-0.3, -0.25) is 4.79 Å². The maximum atomic E-state index is 11.7. The van der Waals surface area contributed by atoms with Crippen molar-refractivity contribution in [3.63, 3.8) is 0 Å². The zero-order chi connectivity index (χ0) is 14.1. The molecule has 3 nitrogen and oxygen atoms in total. The van der Waals surface area contributed by atoms with Gasteiger partial charge in [-0.25, -0.2) is 0 Å². The van der Waals surface area contributed by atoms with E-state index in [-0.39, 0.29) is 5.91 Å². The van der Waals surface area contributed by atoms with Gasteiger partial charge in [-0.1, -0.05) is 57.0 Å². The summed E-state index contributed by atoms with van der Waals surface area (Å²) < 4.78 is 0.